The second-order valence-electron chi connectivity index (χ2n) is 7.94. The molecular formula is C25H40N2O3. The summed E-state index contributed by atoms with van der Waals surface area (Å²) in [5.41, 5.74) is 0.895. The molecule has 0 saturated carbocycles. The van der Waals surface area contributed by atoms with Gasteiger partial charge in [0.2, 0.25) is 11.8 Å². The highest BCUT2D eigenvalue weighted by molar-refractivity contribution is 5.95. The van der Waals surface area contributed by atoms with Gasteiger partial charge in [-0.2, -0.15) is 0 Å². The maximum absolute atomic E-state index is 12.3. The second-order valence-corrected chi connectivity index (χ2v) is 7.94. The van der Waals surface area contributed by atoms with Crippen LogP contribution in [-0.2, 0) is 9.59 Å². The molecule has 1 aromatic rings. The first-order chi connectivity index (χ1) is 14.5. The average molecular weight is 417 g/mol. The standard InChI is InChI=1S/C25H40N2O3/c1-3-4-5-6-7-8-9-10-11-15-20-26-25(30)24(21(2)28)27-23(29)19-18-22-16-13-12-14-17-22/h12-14,16-19,21,24,28H,3-11,15,20H2,1-2H3,(H,26,30)(H,27,29)/b19-18+/t21-,24+/m1/s1. The predicted molar refractivity (Wildman–Crippen MR) is 124 cm³/mol. The highest BCUT2D eigenvalue weighted by atomic mass is 16.3. The number of aliphatic hydroxyl groups is 1. The molecule has 30 heavy (non-hydrogen) atoms. The van der Waals surface area contributed by atoms with Gasteiger partial charge in [0.25, 0.3) is 0 Å². The monoisotopic (exact) mass is 416 g/mol. The largest absolute Gasteiger partial charge is 0.391 e. The zero-order chi connectivity index (χ0) is 22.0. The molecule has 0 aliphatic carbocycles. The van der Waals surface area contributed by atoms with Gasteiger partial charge in [-0.25, -0.2) is 0 Å². The normalized spacial score (nSPS) is 13.2. The summed E-state index contributed by atoms with van der Waals surface area (Å²) in [6.45, 7) is 4.31. The third-order valence-corrected chi connectivity index (χ3v) is 5.12. The summed E-state index contributed by atoms with van der Waals surface area (Å²) in [6.07, 6.45) is 14.5. The molecule has 5 heteroatoms. The highest BCUT2D eigenvalue weighted by Gasteiger charge is 2.24. The summed E-state index contributed by atoms with van der Waals surface area (Å²) in [6, 6.07) is 8.49. The van der Waals surface area contributed by atoms with Crippen LogP contribution in [0.25, 0.3) is 6.08 Å². The van der Waals surface area contributed by atoms with E-state index < -0.39 is 18.1 Å². The molecule has 5 nitrogen and oxygen atoms in total. The van der Waals surface area contributed by atoms with E-state index in [9.17, 15) is 14.7 Å². The van der Waals surface area contributed by atoms with Crippen molar-refractivity contribution in [3.63, 3.8) is 0 Å². The summed E-state index contributed by atoms with van der Waals surface area (Å²) in [7, 11) is 0. The Hall–Kier alpha value is -2.14. The zero-order valence-electron chi connectivity index (χ0n) is 18.7. The Kier molecular flexibility index (Phi) is 14.4. The number of unbranched alkanes of at least 4 members (excludes halogenated alkanes) is 9. The molecule has 0 saturated heterocycles. The fraction of sp³-hybridized carbons (Fsp3) is 0.600. The molecule has 0 heterocycles. The molecule has 2 atom stereocenters. The van der Waals surface area contributed by atoms with Gasteiger partial charge in [0, 0.05) is 12.6 Å². The van der Waals surface area contributed by atoms with Gasteiger partial charge in [-0.3, -0.25) is 9.59 Å². The number of rotatable bonds is 16. The number of amides is 2. The van der Waals surface area contributed by atoms with E-state index >= 15 is 0 Å². The van der Waals surface area contributed by atoms with E-state index in [0.29, 0.717) is 6.54 Å². The zero-order valence-corrected chi connectivity index (χ0v) is 18.7. The average Bonchev–Trinajstić information content (AvgIpc) is 2.74. The summed E-state index contributed by atoms with van der Waals surface area (Å²) < 4.78 is 0. The molecule has 0 unspecified atom stereocenters. The number of carbonyl (C=O) groups excluding carboxylic acids is 2. The van der Waals surface area contributed by atoms with Gasteiger partial charge in [0.15, 0.2) is 0 Å². The first kappa shape index (κ1) is 25.9. The Labute approximate surface area is 182 Å². The van der Waals surface area contributed by atoms with Crippen LogP contribution >= 0.6 is 0 Å². The Morgan fingerprint density at radius 3 is 2.07 bits per heavy atom. The maximum Gasteiger partial charge on any atom is 0.245 e. The van der Waals surface area contributed by atoms with Gasteiger partial charge in [-0.05, 0) is 25.0 Å². The molecule has 168 valence electrons. The summed E-state index contributed by atoms with van der Waals surface area (Å²) in [4.78, 5) is 24.5. The smallest absolute Gasteiger partial charge is 0.245 e. The molecule has 2 amide bonds. The Balaban J connectivity index is 2.20. The van der Waals surface area contributed by atoms with Crippen molar-refractivity contribution < 1.29 is 14.7 Å². The minimum atomic E-state index is -0.966. The van der Waals surface area contributed by atoms with E-state index in [1.807, 2.05) is 30.3 Å². The van der Waals surface area contributed by atoms with Gasteiger partial charge >= 0.3 is 0 Å². The van der Waals surface area contributed by atoms with Crippen molar-refractivity contribution in [3.8, 4) is 0 Å². The van der Waals surface area contributed by atoms with Crippen molar-refractivity contribution in [3.05, 3.63) is 42.0 Å². The van der Waals surface area contributed by atoms with Gasteiger partial charge in [0.1, 0.15) is 6.04 Å². The molecule has 0 radical (unpaired) electrons. The minimum absolute atomic E-state index is 0.345. The molecule has 0 bridgehead atoms. The molecular weight excluding hydrogens is 376 g/mol. The van der Waals surface area contributed by atoms with Crippen LogP contribution in [-0.4, -0.2) is 35.6 Å². The molecule has 0 aliphatic rings. The fourth-order valence-electron chi connectivity index (χ4n) is 3.28. The lowest BCUT2D eigenvalue weighted by Gasteiger charge is -2.20. The number of nitrogens with one attached hydrogen (secondary N) is 2. The highest BCUT2D eigenvalue weighted by Crippen LogP contribution is 2.10. The van der Waals surface area contributed by atoms with Gasteiger partial charge in [-0.1, -0.05) is 95.0 Å². The van der Waals surface area contributed by atoms with Crippen LogP contribution < -0.4 is 10.6 Å². The van der Waals surface area contributed by atoms with E-state index in [1.165, 1.54) is 64.4 Å². The van der Waals surface area contributed by atoms with E-state index in [0.717, 1.165) is 18.4 Å². The Morgan fingerprint density at radius 2 is 1.50 bits per heavy atom. The molecule has 1 rings (SSSR count). The molecule has 0 aromatic heterocycles. The fourth-order valence-corrected chi connectivity index (χ4v) is 3.28. The van der Waals surface area contributed by atoms with Gasteiger partial charge in [0.05, 0.1) is 6.10 Å². The minimum Gasteiger partial charge on any atom is -0.391 e. The maximum atomic E-state index is 12.3. The number of benzene rings is 1. The van der Waals surface area contributed by atoms with E-state index in [-0.39, 0.29) is 5.91 Å². The lowest BCUT2D eigenvalue weighted by atomic mass is 10.1. The van der Waals surface area contributed by atoms with Crippen molar-refractivity contribution in [2.45, 2.75) is 90.2 Å². The Morgan fingerprint density at radius 1 is 0.933 bits per heavy atom. The first-order valence-corrected chi connectivity index (χ1v) is 11.5. The van der Waals surface area contributed by atoms with Crippen LogP contribution in [0, 0.1) is 0 Å². The van der Waals surface area contributed by atoms with Crippen LogP contribution in [0.4, 0.5) is 0 Å². The molecule has 0 spiro atoms. The number of aliphatic hydroxyl groups excluding tert-OH is 1. The Bertz CT molecular complexity index is 614. The molecule has 1 aromatic carbocycles. The quantitative estimate of drug-likeness (QED) is 0.272. The number of hydrogen-bond donors (Lipinski definition) is 3. The van der Waals surface area contributed by atoms with Gasteiger partial charge in [-0.15, -0.1) is 0 Å². The third-order valence-electron chi connectivity index (χ3n) is 5.12. The molecule has 3 N–H and O–H groups in total. The molecule has 0 aliphatic heterocycles. The van der Waals surface area contributed by atoms with Gasteiger partial charge < -0.3 is 15.7 Å². The van der Waals surface area contributed by atoms with Crippen molar-refractivity contribution >= 4 is 17.9 Å². The van der Waals surface area contributed by atoms with E-state index in [2.05, 4.69) is 17.6 Å². The van der Waals surface area contributed by atoms with Crippen LogP contribution in [0.2, 0.25) is 0 Å². The number of hydrogen-bond acceptors (Lipinski definition) is 3. The predicted octanol–water partition coefficient (Wildman–Crippen LogP) is 4.60. The van der Waals surface area contributed by atoms with E-state index in [4.69, 9.17) is 0 Å². The summed E-state index contributed by atoms with van der Waals surface area (Å²) >= 11 is 0. The van der Waals surface area contributed by atoms with Crippen molar-refractivity contribution in [2.75, 3.05) is 6.54 Å². The van der Waals surface area contributed by atoms with Crippen LogP contribution in [0.5, 0.6) is 0 Å². The van der Waals surface area contributed by atoms with Crippen LogP contribution in [0.1, 0.15) is 83.6 Å². The number of carbonyl (C=O) groups is 2. The first-order valence-electron chi connectivity index (χ1n) is 11.5. The lowest BCUT2D eigenvalue weighted by molar-refractivity contribution is -0.129. The lowest BCUT2D eigenvalue weighted by Crippen LogP contribution is -2.52. The topological polar surface area (TPSA) is 78.4 Å². The van der Waals surface area contributed by atoms with Crippen molar-refractivity contribution in [1.82, 2.24) is 10.6 Å². The van der Waals surface area contributed by atoms with Crippen LogP contribution in [0.3, 0.4) is 0 Å². The second kappa shape index (κ2) is 16.6. The SMILES string of the molecule is CCCCCCCCCCCCNC(=O)[C@@H](NC(=O)/C=C/c1ccccc1)[C@@H](C)O. The van der Waals surface area contributed by atoms with Crippen molar-refractivity contribution in [2.24, 2.45) is 0 Å². The van der Waals surface area contributed by atoms with Crippen LogP contribution in [0.15, 0.2) is 36.4 Å². The summed E-state index contributed by atoms with van der Waals surface area (Å²) in [5.74, 6) is -0.749. The molecule has 0 fully saturated rings. The van der Waals surface area contributed by atoms with E-state index in [1.54, 1.807) is 6.08 Å². The van der Waals surface area contributed by atoms with Crippen molar-refractivity contribution in [1.29, 1.82) is 0 Å². The summed E-state index contributed by atoms with van der Waals surface area (Å²) in [5, 5.41) is 15.3. The third kappa shape index (κ3) is 12.4.